The molecule has 0 unspecified atom stereocenters. The summed E-state index contributed by atoms with van der Waals surface area (Å²) in [5.74, 6) is 0.929. The van der Waals surface area contributed by atoms with Crippen LogP contribution in [0.15, 0.2) is 35.5 Å². The number of anilines is 1. The Morgan fingerprint density at radius 2 is 1.72 bits per heavy atom. The highest BCUT2D eigenvalue weighted by Gasteiger charge is 2.01. The zero-order chi connectivity index (χ0) is 13.1. The third kappa shape index (κ3) is 3.26. The lowest BCUT2D eigenvalue weighted by molar-refractivity contribution is 1.11. The van der Waals surface area contributed by atoms with Crippen LogP contribution in [0.4, 0.5) is 5.69 Å². The Hall–Kier alpha value is -1.48. The number of hydrogen-bond acceptors (Lipinski definition) is 3. The highest BCUT2D eigenvalue weighted by atomic mass is 32.2. The normalized spacial score (nSPS) is 10.6. The molecular formula is C15H18N2S. The van der Waals surface area contributed by atoms with E-state index in [0.717, 1.165) is 22.0 Å². The fraction of sp³-hybridized carbons (Fsp3) is 0.267. The lowest BCUT2D eigenvalue weighted by Gasteiger charge is -2.06. The van der Waals surface area contributed by atoms with Gasteiger partial charge in [0.25, 0.3) is 0 Å². The topological polar surface area (TPSA) is 38.9 Å². The molecule has 0 saturated carbocycles. The molecule has 2 rings (SSSR count). The molecule has 2 nitrogen and oxygen atoms in total. The van der Waals surface area contributed by atoms with Crippen LogP contribution in [0.2, 0.25) is 0 Å². The number of thioether (sulfide) groups is 1. The maximum atomic E-state index is 5.88. The van der Waals surface area contributed by atoms with E-state index >= 15 is 0 Å². The first-order valence-corrected chi connectivity index (χ1v) is 6.95. The Balaban J connectivity index is 2.08. The maximum absolute atomic E-state index is 5.88. The van der Waals surface area contributed by atoms with Crippen LogP contribution in [0.3, 0.4) is 0 Å². The van der Waals surface area contributed by atoms with Gasteiger partial charge in [0.2, 0.25) is 0 Å². The molecule has 0 bridgehead atoms. The largest absolute Gasteiger partial charge is 0.398 e. The first-order chi connectivity index (χ1) is 8.54. The second-order valence-corrected chi connectivity index (χ2v) is 5.66. The first-order valence-electron chi connectivity index (χ1n) is 5.96. The third-order valence-corrected chi connectivity index (χ3v) is 3.78. The Morgan fingerprint density at radius 1 is 1.06 bits per heavy atom. The number of benzene rings is 1. The number of rotatable bonds is 3. The Kier molecular flexibility index (Phi) is 3.92. The van der Waals surface area contributed by atoms with E-state index in [2.05, 4.69) is 37.0 Å². The van der Waals surface area contributed by atoms with Gasteiger partial charge in [-0.15, -0.1) is 11.8 Å². The number of nitrogens with two attached hydrogens (primary N) is 1. The monoisotopic (exact) mass is 258 g/mol. The number of aromatic nitrogens is 1. The van der Waals surface area contributed by atoms with Crippen LogP contribution in [0.25, 0.3) is 0 Å². The molecular weight excluding hydrogens is 240 g/mol. The average molecular weight is 258 g/mol. The number of nitrogens with zero attached hydrogens (tertiary/aromatic N) is 1. The zero-order valence-corrected chi connectivity index (χ0v) is 11.8. The number of hydrogen-bond donors (Lipinski definition) is 1. The molecule has 0 saturated heterocycles. The van der Waals surface area contributed by atoms with Gasteiger partial charge in [-0.25, -0.2) is 4.98 Å². The molecule has 0 aliphatic carbocycles. The van der Waals surface area contributed by atoms with Crippen LogP contribution in [-0.4, -0.2) is 4.98 Å². The molecule has 18 heavy (non-hydrogen) atoms. The highest BCUT2D eigenvalue weighted by molar-refractivity contribution is 7.98. The second kappa shape index (κ2) is 5.44. The molecule has 0 spiro atoms. The smallest absolute Gasteiger partial charge is 0.0983 e. The van der Waals surface area contributed by atoms with E-state index in [4.69, 9.17) is 5.73 Å². The summed E-state index contributed by atoms with van der Waals surface area (Å²) in [6.07, 6.45) is 1.83. The summed E-state index contributed by atoms with van der Waals surface area (Å²) in [5, 5.41) is 0.984. The molecule has 0 amide bonds. The summed E-state index contributed by atoms with van der Waals surface area (Å²) in [6.45, 7) is 6.23. The van der Waals surface area contributed by atoms with E-state index in [0.29, 0.717) is 0 Å². The fourth-order valence-corrected chi connectivity index (χ4v) is 2.73. The van der Waals surface area contributed by atoms with Gasteiger partial charge in [-0.1, -0.05) is 29.3 Å². The van der Waals surface area contributed by atoms with E-state index in [1.54, 1.807) is 11.8 Å². The standard InChI is InChI=1S/C15H18N2S/c1-10-4-11(2)6-13(5-10)9-18-15-7-14(16)12(3)8-17-15/h4-8H,9H2,1-3H3,(H2,16,17). The summed E-state index contributed by atoms with van der Waals surface area (Å²) < 4.78 is 0. The molecule has 1 heterocycles. The van der Waals surface area contributed by atoms with Crippen molar-refractivity contribution in [1.82, 2.24) is 4.98 Å². The number of nitrogen functional groups attached to an aromatic ring is 1. The molecule has 0 aliphatic heterocycles. The average Bonchev–Trinajstić information content (AvgIpc) is 2.29. The SMILES string of the molecule is Cc1cc(C)cc(CSc2cc(N)c(C)cn2)c1. The third-order valence-electron chi connectivity index (χ3n) is 2.79. The summed E-state index contributed by atoms with van der Waals surface area (Å²) in [4.78, 5) is 4.38. The van der Waals surface area contributed by atoms with Gasteiger partial charge in [-0.3, -0.25) is 0 Å². The molecule has 94 valence electrons. The van der Waals surface area contributed by atoms with Gasteiger partial charge in [-0.2, -0.15) is 0 Å². The zero-order valence-electron chi connectivity index (χ0n) is 11.0. The Bertz CT molecular complexity index is 544. The molecule has 2 aromatic rings. The molecule has 0 radical (unpaired) electrons. The van der Waals surface area contributed by atoms with E-state index in [1.165, 1.54) is 16.7 Å². The lowest BCUT2D eigenvalue weighted by Crippen LogP contribution is -1.92. The molecule has 1 aromatic heterocycles. The van der Waals surface area contributed by atoms with Crippen LogP contribution in [0.5, 0.6) is 0 Å². The van der Waals surface area contributed by atoms with Gasteiger partial charge >= 0.3 is 0 Å². The highest BCUT2D eigenvalue weighted by Crippen LogP contribution is 2.24. The van der Waals surface area contributed by atoms with Crippen LogP contribution in [-0.2, 0) is 5.75 Å². The predicted molar refractivity (Wildman–Crippen MR) is 78.9 cm³/mol. The Labute approximate surface area is 113 Å². The van der Waals surface area contributed by atoms with Gasteiger partial charge in [0, 0.05) is 17.6 Å². The van der Waals surface area contributed by atoms with Gasteiger partial charge in [-0.05, 0) is 38.0 Å². The van der Waals surface area contributed by atoms with Crippen molar-refractivity contribution >= 4 is 17.4 Å². The van der Waals surface area contributed by atoms with Crippen molar-refractivity contribution in [1.29, 1.82) is 0 Å². The fourth-order valence-electron chi connectivity index (χ4n) is 1.91. The van der Waals surface area contributed by atoms with Crippen molar-refractivity contribution in [3.63, 3.8) is 0 Å². The van der Waals surface area contributed by atoms with E-state index in [-0.39, 0.29) is 0 Å². The van der Waals surface area contributed by atoms with Crippen LogP contribution in [0, 0.1) is 20.8 Å². The van der Waals surface area contributed by atoms with Gasteiger partial charge in [0.1, 0.15) is 0 Å². The van der Waals surface area contributed by atoms with Crippen molar-refractivity contribution in [3.8, 4) is 0 Å². The summed E-state index contributed by atoms with van der Waals surface area (Å²) in [7, 11) is 0. The van der Waals surface area contributed by atoms with Crippen molar-refractivity contribution in [3.05, 3.63) is 52.7 Å². The van der Waals surface area contributed by atoms with Crippen LogP contribution < -0.4 is 5.73 Å². The Morgan fingerprint density at radius 3 is 2.33 bits per heavy atom. The van der Waals surface area contributed by atoms with E-state index in [1.807, 2.05) is 19.2 Å². The van der Waals surface area contributed by atoms with Crippen molar-refractivity contribution in [2.75, 3.05) is 5.73 Å². The van der Waals surface area contributed by atoms with Crippen molar-refractivity contribution in [2.45, 2.75) is 31.6 Å². The van der Waals surface area contributed by atoms with Crippen LogP contribution >= 0.6 is 11.8 Å². The quantitative estimate of drug-likeness (QED) is 0.849. The van der Waals surface area contributed by atoms with E-state index in [9.17, 15) is 0 Å². The lowest BCUT2D eigenvalue weighted by atomic mass is 10.1. The summed E-state index contributed by atoms with van der Waals surface area (Å²) in [6, 6.07) is 8.58. The van der Waals surface area contributed by atoms with Crippen molar-refractivity contribution < 1.29 is 0 Å². The van der Waals surface area contributed by atoms with Crippen molar-refractivity contribution in [2.24, 2.45) is 0 Å². The molecule has 0 fully saturated rings. The molecule has 0 atom stereocenters. The summed E-state index contributed by atoms with van der Waals surface area (Å²) in [5.41, 5.74) is 11.7. The van der Waals surface area contributed by atoms with Gasteiger partial charge < -0.3 is 5.73 Å². The van der Waals surface area contributed by atoms with Gasteiger partial charge in [0.15, 0.2) is 0 Å². The molecule has 2 N–H and O–H groups in total. The minimum Gasteiger partial charge on any atom is -0.398 e. The molecule has 3 heteroatoms. The van der Waals surface area contributed by atoms with Crippen LogP contribution in [0.1, 0.15) is 22.3 Å². The second-order valence-electron chi connectivity index (χ2n) is 4.66. The van der Waals surface area contributed by atoms with E-state index < -0.39 is 0 Å². The molecule has 1 aromatic carbocycles. The predicted octanol–water partition coefficient (Wildman–Crippen LogP) is 3.88. The molecule has 0 aliphatic rings. The summed E-state index contributed by atoms with van der Waals surface area (Å²) >= 11 is 1.72. The minimum absolute atomic E-state index is 0.813. The maximum Gasteiger partial charge on any atom is 0.0983 e. The number of pyridine rings is 1. The first kappa shape index (κ1) is 13.0. The minimum atomic E-state index is 0.813. The number of aryl methyl sites for hydroxylation is 3. The van der Waals surface area contributed by atoms with Gasteiger partial charge in [0.05, 0.1) is 5.03 Å².